The first-order valence-corrected chi connectivity index (χ1v) is 6.75. The average molecular weight is 317 g/mol. The van der Waals surface area contributed by atoms with Crippen LogP contribution in [0.15, 0.2) is 24.3 Å². The van der Waals surface area contributed by atoms with E-state index in [0.29, 0.717) is 18.8 Å². The molecule has 0 aliphatic rings. The van der Waals surface area contributed by atoms with Crippen molar-refractivity contribution >= 4 is 18.3 Å². The van der Waals surface area contributed by atoms with Gasteiger partial charge < -0.3 is 20.5 Å². The van der Waals surface area contributed by atoms with Crippen molar-refractivity contribution in [2.75, 3.05) is 19.8 Å². The molecular formula is C15H25ClN2O3. The summed E-state index contributed by atoms with van der Waals surface area (Å²) in [6.45, 7) is 6.99. The zero-order chi connectivity index (χ0) is 15.0. The number of amides is 1. The molecule has 1 amide bonds. The molecule has 0 aliphatic heterocycles. The van der Waals surface area contributed by atoms with Crippen molar-refractivity contribution < 1.29 is 14.6 Å². The molecule has 6 heteroatoms. The predicted octanol–water partition coefficient (Wildman–Crippen LogP) is 1.48. The highest BCUT2D eigenvalue weighted by molar-refractivity contribution is 5.85. The van der Waals surface area contributed by atoms with Gasteiger partial charge in [0.25, 0.3) is 5.91 Å². The van der Waals surface area contributed by atoms with Gasteiger partial charge in [-0.3, -0.25) is 4.79 Å². The molecule has 0 saturated carbocycles. The van der Waals surface area contributed by atoms with Crippen molar-refractivity contribution in [1.82, 2.24) is 10.6 Å². The highest BCUT2D eigenvalue weighted by Crippen LogP contribution is 2.17. The molecule has 0 saturated heterocycles. The average Bonchev–Trinajstić information content (AvgIpc) is 2.36. The molecule has 0 aliphatic carbocycles. The van der Waals surface area contributed by atoms with E-state index < -0.39 is 0 Å². The molecule has 0 spiro atoms. The molecule has 3 N–H and O–H groups in total. The maximum atomic E-state index is 11.7. The van der Waals surface area contributed by atoms with Gasteiger partial charge in [-0.25, -0.2) is 0 Å². The fourth-order valence-electron chi connectivity index (χ4n) is 1.69. The number of aliphatic hydroxyl groups is 1. The van der Waals surface area contributed by atoms with Crippen LogP contribution in [0.25, 0.3) is 0 Å². The number of hydrogen-bond acceptors (Lipinski definition) is 4. The van der Waals surface area contributed by atoms with Crippen molar-refractivity contribution in [1.29, 1.82) is 0 Å². The molecule has 5 nitrogen and oxygen atoms in total. The van der Waals surface area contributed by atoms with Gasteiger partial charge in [0.2, 0.25) is 0 Å². The quantitative estimate of drug-likeness (QED) is 0.667. The summed E-state index contributed by atoms with van der Waals surface area (Å²) in [6, 6.07) is 7.55. The third kappa shape index (κ3) is 8.55. The summed E-state index contributed by atoms with van der Waals surface area (Å²) < 4.78 is 5.56. The summed E-state index contributed by atoms with van der Waals surface area (Å²) in [5.74, 6) is 0.539. The van der Waals surface area contributed by atoms with Gasteiger partial charge in [-0.15, -0.1) is 12.4 Å². The van der Waals surface area contributed by atoms with Crippen molar-refractivity contribution in [2.24, 2.45) is 0 Å². The Balaban J connectivity index is 0.00000400. The van der Waals surface area contributed by atoms with Gasteiger partial charge in [-0.1, -0.05) is 18.2 Å². The first-order valence-electron chi connectivity index (χ1n) is 6.75. The summed E-state index contributed by atoms with van der Waals surface area (Å²) in [5, 5.41) is 14.7. The van der Waals surface area contributed by atoms with E-state index in [-0.39, 0.29) is 37.1 Å². The number of benzene rings is 1. The van der Waals surface area contributed by atoms with E-state index >= 15 is 0 Å². The second-order valence-electron chi connectivity index (χ2n) is 5.59. The van der Waals surface area contributed by atoms with Gasteiger partial charge >= 0.3 is 0 Å². The topological polar surface area (TPSA) is 70.6 Å². The van der Waals surface area contributed by atoms with Crippen LogP contribution in [0.4, 0.5) is 0 Å². The molecule has 0 radical (unpaired) electrons. The van der Waals surface area contributed by atoms with E-state index in [0.717, 1.165) is 5.56 Å². The number of hydrogen-bond donors (Lipinski definition) is 3. The number of nitrogens with one attached hydrogen (secondary N) is 2. The summed E-state index contributed by atoms with van der Waals surface area (Å²) >= 11 is 0. The Labute approximate surface area is 132 Å². The number of rotatable bonds is 7. The van der Waals surface area contributed by atoms with E-state index in [1.807, 2.05) is 45.0 Å². The maximum Gasteiger partial charge on any atom is 0.258 e. The Morgan fingerprint density at radius 2 is 1.95 bits per heavy atom. The molecule has 1 rings (SSSR count). The summed E-state index contributed by atoms with van der Waals surface area (Å²) in [6.07, 6.45) is 0. The van der Waals surface area contributed by atoms with E-state index in [2.05, 4.69) is 10.6 Å². The first-order chi connectivity index (χ1) is 9.42. The zero-order valence-electron chi connectivity index (χ0n) is 12.8. The minimum atomic E-state index is -0.261. The monoisotopic (exact) mass is 316 g/mol. The lowest BCUT2D eigenvalue weighted by molar-refractivity contribution is -0.124. The number of carbonyl (C=O) groups excluding carboxylic acids is 1. The van der Waals surface area contributed by atoms with Gasteiger partial charge in [0.05, 0.1) is 6.61 Å². The lowest BCUT2D eigenvalue weighted by Gasteiger charge is -2.20. The Bertz CT molecular complexity index is 433. The maximum absolute atomic E-state index is 11.7. The first kappa shape index (κ1) is 19.7. The van der Waals surface area contributed by atoms with Crippen LogP contribution in [0, 0.1) is 0 Å². The van der Waals surface area contributed by atoms with Crippen LogP contribution >= 0.6 is 12.4 Å². The lowest BCUT2D eigenvalue weighted by atomic mass is 10.1. The largest absolute Gasteiger partial charge is 0.483 e. The van der Waals surface area contributed by atoms with Crippen LogP contribution in [0.5, 0.6) is 5.75 Å². The molecule has 0 bridgehead atoms. The fraction of sp³-hybridized carbons (Fsp3) is 0.533. The van der Waals surface area contributed by atoms with Crippen LogP contribution < -0.4 is 15.4 Å². The molecule has 1 aromatic carbocycles. The van der Waals surface area contributed by atoms with E-state index in [9.17, 15) is 4.79 Å². The molecular weight excluding hydrogens is 292 g/mol. The third-order valence-electron chi connectivity index (χ3n) is 2.45. The molecule has 0 aromatic heterocycles. The van der Waals surface area contributed by atoms with E-state index in [1.165, 1.54) is 0 Å². The Hall–Kier alpha value is -1.30. The predicted molar refractivity (Wildman–Crippen MR) is 85.9 cm³/mol. The SMILES string of the molecule is CC(C)(C)NC(=O)COc1ccccc1CNCCO.Cl. The van der Waals surface area contributed by atoms with Crippen LogP contribution in [0.3, 0.4) is 0 Å². The zero-order valence-corrected chi connectivity index (χ0v) is 13.6. The van der Waals surface area contributed by atoms with Crippen LogP contribution in [0.2, 0.25) is 0 Å². The second kappa shape index (κ2) is 9.60. The highest BCUT2D eigenvalue weighted by atomic mass is 35.5. The molecule has 0 fully saturated rings. The number of aliphatic hydroxyl groups excluding tert-OH is 1. The summed E-state index contributed by atoms with van der Waals surface area (Å²) in [5.41, 5.74) is 0.701. The number of para-hydroxylation sites is 1. The van der Waals surface area contributed by atoms with E-state index in [4.69, 9.17) is 9.84 Å². The molecule has 0 unspecified atom stereocenters. The molecule has 1 aromatic rings. The smallest absolute Gasteiger partial charge is 0.258 e. The van der Waals surface area contributed by atoms with Crippen molar-refractivity contribution in [3.8, 4) is 5.75 Å². The summed E-state index contributed by atoms with van der Waals surface area (Å²) in [4.78, 5) is 11.7. The third-order valence-corrected chi connectivity index (χ3v) is 2.45. The number of ether oxygens (including phenoxy) is 1. The van der Waals surface area contributed by atoms with Crippen molar-refractivity contribution in [3.63, 3.8) is 0 Å². The van der Waals surface area contributed by atoms with Gasteiger partial charge in [0.1, 0.15) is 5.75 Å². The fourth-order valence-corrected chi connectivity index (χ4v) is 1.69. The Kier molecular flexibility index (Phi) is 9.01. The minimum absolute atomic E-state index is 0. The van der Waals surface area contributed by atoms with Crippen LogP contribution in [0.1, 0.15) is 26.3 Å². The molecule has 120 valence electrons. The standard InChI is InChI=1S/C15H24N2O3.ClH/c1-15(2,3)17-14(19)11-20-13-7-5-4-6-12(13)10-16-8-9-18;/h4-7,16,18H,8-11H2,1-3H3,(H,17,19);1H. The molecule has 0 atom stereocenters. The Morgan fingerprint density at radius 1 is 1.29 bits per heavy atom. The van der Waals surface area contributed by atoms with Gasteiger partial charge in [0.15, 0.2) is 6.61 Å². The lowest BCUT2D eigenvalue weighted by Crippen LogP contribution is -2.43. The summed E-state index contributed by atoms with van der Waals surface area (Å²) in [7, 11) is 0. The van der Waals surface area contributed by atoms with Gasteiger partial charge in [0, 0.05) is 24.2 Å². The highest BCUT2D eigenvalue weighted by Gasteiger charge is 2.14. The van der Waals surface area contributed by atoms with Crippen LogP contribution in [-0.4, -0.2) is 36.3 Å². The second-order valence-corrected chi connectivity index (χ2v) is 5.59. The van der Waals surface area contributed by atoms with Crippen LogP contribution in [-0.2, 0) is 11.3 Å². The number of halogens is 1. The van der Waals surface area contributed by atoms with Gasteiger partial charge in [-0.05, 0) is 26.8 Å². The number of carbonyl (C=O) groups is 1. The normalized spacial score (nSPS) is 10.7. The molecule has 21 heavy (non-hydrogen) atoms. The van der Waals surface area contributed by atoms with E-state index in [1.54, 1.807) is 0 Å². The van der Waals surface area contributed by atoms with Gasteiger partial charge in [-0.2, -0.15) is 0 Å². The van der Waals surface area contributed by atoms with Crippen molar-refractivity contribution in [2.45, 2.75) is 32.9 Å². The molecule has 0 heterocycles. The minimum Gasteiger partial charge on any atom is -0.483 e. The van der Waals surface area contributed by atoms with Crippen molar-refractivity contribution in [3.05, 3.63) is 29.8 Å². The Morgan fingerprint density at radius 3 is 2.57 bits per heavy atom.